The average molecular weight is 203 g/mol. The van der Waals surface area contributed by atoms with Gasteiger partial charge in [0.1, 0.15) is 0 Å². The van der Waals surface area contributed by atoms with E-state index < -0.39 is 0 Å². The van der Waals surface area contributed by atoms with Gasteiger partial charge in [-0.25, -0.2) is 0 Å². The summed E-state index contributed by atoms with van der Waals surface area (Å²) in [4.78, 5) is 0. The fraction of sp³-hybridized carbons (Fsp3) is 0.571. The molecule has 0 spiro atoms. The molecule has 3 unspecified atom stereocenters. The number of allylic oxidation sites excluding steroid dienone is 4. The third kappa shape index (κ3) is 1.93. The van der Waals surface area contributed by atoms with Gasteiger partial charge in [-0.15, -0.1) is 0 Å². The van der Waals surface area contributed by atoms with Gasteiger partial charge in [0.2, 0.25) is 0 Å². The number of hydrogen-bond donors (Lipinski definition) is 1. The molecular formula is C14H21N. The molecule has 2 aliphatic carbocycles. The fourth-order valence-corrected chi connectivity index (χ4v) is 2.64. The Bertz CT molecular complexity index is 324. The highest BCUT2D eigenvalue weighted by Gasteiger charge is 2.36. The molecule has 0 bridgehead atoms. The molecule has 0 fully saturated rings. The van der Waals surface area contributed by atoms with Crippen LogP contribution in [0, 0.1) is 11.3 Å². The zero-order chi connectivity index (χ0) is 10.9. The second kappa shape index (κ2) is 3.97. The molecule has 1 heteroatoms. The molecule has 0 aromatic heterocycles. The van der Waals surface area contributed by atoms with Crippen LogP contribution in [0.3, 0.4) is 0 Å². The van der Waals surface area contributed by atoms with Crippen molar-refractivity contribution in [3.05, 3.63) is 36.0 Å². The minimum Gasteiger partial charge on any atom is -0.324 e. The highest BCUT2D eigenvalue weighted by Crippen LogP contribution is 2.41. The van der Waals surface area contributed by atoms with E-state index in [1.54, 1.807) is 0 Å². The summed E-state index contributed by atoms with van der Waals surface area (Å²) in [7, 11) is 0. The van der Waals surface area contributed by atoms with E-state index in [0.29, 0.717) is 5.92 Å². The van der Waals surface area contributed by atoms with Gasteiger partial charge in [0.15, 0.2) is 0 Å². The number of nitrogens with two attached hydrogens (primary N) is 1. The number of hydrogen-bond acceptors (Lipinski definition) is 1. The van der Waals surface area contributed by atoms with Crippen LogP contribution in [0.5, 0.6) is 0 Å². The van der Waals surface area contributed by atoms with Crippen molar-refractivity contribution in [2.75, 3.05) is 0 Å². The average Bonchev–Trinajstić information content (AvgIpc) is 2.25. The van der Waals surface area contributed by atoms with Crippen molar-refractivity contribution in [2.45, 2.75) is 39.2 Å². The lowest BCUT2D eigenvalue weighted by Gasteiger charge is -2.40. The van der Waals surface area contributed by atoms with Crippen molar-refractivity contribution < 1.29 is 0 Å². The summed E-state index contributed by atoms with van der Waals surface area (Å²) in [6, 6.07) is 0.162. The topological polar surface area (TPSA) is 26.0 Å². The Morgan fingerprint density at radius 1 is 1.47 bits per heavy atom. The third-order valence-corrected chi connectivity index (χ3v) is 3.92. The summed E-state index contributed by atoms with van der Waals surface area (Å²) in [5, 5.41) is 0. The van der Waals surface area contributed by atoms with Gasteiger partial charge in [0.25, 0.3) is 0 Å². The van der Waals surface area contributed by atoms with Crippen LogP contribution in [0.1, 0.15) is 33.1 Å². The van der Waals surface area contributed by atoms with Crippen LogP contribution in [-0.4, -0.2) is 6.04 Å². The molecule has 3 atom stereocenters. The molecule has 0 amide bonds. The maximum atomic E-state index is 6.27. The Kier molecular flexibility index (Phi) is 2.83. The first kappa shape index (κ1) is 10.7. The van der Waals surface area contributed by atoms with Crippen LogP contribution in [0.15, 0.2) is 36.0 Å². The second-order valence-electron chi connectivity index (χ2n) is 5.10. The van der Waals surface area contributed by atoms with E-state index >= 15 is 0 Å². The van der Waals surface area contributed by atoms with Crippen LogP contribution >= 0.6 is 0 Å². The van der Waals surface area contributed by atoms with Crippen LogP contribution in [0.4, 0.5) is 0 Å². The fourth-order valence-electron chi connectivity index (χ4n) is 2.64. The van der Waals surface area contributed by atoms with Crippen molar-refractivity contribution in [3.63, 3.8) is 0 Å². The van der Waals surface area contributed by atoms with Gasteiger partial charge in [0, 0.05) is 11.5 Å². The van der Waals surface area contributed by atoms with Gasteiger partial charge < -0.3 is 5.73 Å². The minimum atomic E-state index is 0.121. The van der Waals surface area contributed by atoms with Crippen molar-refractivity contribution >= 4 is 0 Å². The summed E-state index contributed by atoms with van der Waals surface area (Å²) in [6.07, 6.45) is 15.2. The maximum Gasteiger partial charge on any atom is 0.0325 e. The van der Waals surface area contributed by atoms with Gasteiger partial charge in [-0.1, -0.05) is 42.9 Å². The molecule has 15 heavy (non-hydrogen) atoms. The van der Waals surface area contributed by atoms with Gasteiger partial charge in [-0.3, -0.25) is 0 Å². The molecule has 2 aliphatic rings. The number of rotatable bonds is 1. The molecule has 0 aliphatic heterocycles. The van der Waals surface area contributed by atoms with Crippen molar-refractivity contribution in [1.29, 1.82) is 0 Å². The van der Waals surface area contributed by atoms with Crippen LogP contribution in [-0.2, 0) is 0 Å². The normalized spacial score (nSPS) is 40.3. The standard InChI is InChI=1S/C14H21N/c1-11-8-9-14(2,13(15)10-11)12-6-4-3-5-7-12/h4,6,8-10,12-13H,3,5,7,15H2,1-2H3. The van der Waals surface area contributed by atoms with E-state index in [0.717, 1.165) is 0 Å². The molecule has 1 nitrogen and oxygen atoms in total. The van der Waals surface area contributed by atoms with Gasteiger partial charge in [0.05, 0.1) is 0 Å². The first-order valence-corrected chi connectivity index (χ1v) is 5.93. The van der Waals surface area contributed by atoms with E-state index in [-0.39, 0.29) is 11.5 Å². The molecule has 0 aromatic carbocycles. The summed E-state index contributed by atoms with van der Waals surface area (Å²) in [5.41, 5.74) is 7.69. The predicted molar refractivity (Wildman–Crippen MR) is 65.5 cm³/mol. The van der Waals surface area contributed by atoms with E-state index in [9.17, 15) is 0 Å². The van der Waals surface area contributed by atoms with Crippen LogP contribution < -0.4 is 5.73 Å². The van der Waals surface area contributed by atoms with E-state index in [2.05, 4.69) is 44.2 Å². The highest BCUT2D eigenvalue weighted by molar-refractivity contribution is 5.30. The predicted octanol–water partition coefficient (Wildman–Crippen LogP) is 3.19. The monoisotopic (exact) mass is 203 g/mol. The van der Waals surface area contributed by atoms with Gasteiger partial charge in [-0.2, -0.15) is 0 Å². The summed E-state index contributed by atoms with van der Waals surface area (Å²) < 4.78 is 0. The zero-order valence-electron chi connectivity index (χ0n) is 9.74. The Hall–Kier alpha value is -0.820. The largest absolute Gasteiger partial charge is 0.324 e. The summed E-state index contributed by atoms with van der Waals surface area (Å²) >= 11 is 0. The third-order valence-electron chi connectivity index (χ3n) is 3.92. The quantitative estimate of drug-likeness (QED) is 0.651. The van der Waals surface area contributed by atoms with Crippen molar-refractivity contribution in [1.82, 2.24) is 0 Å². The lowest BCUT2D eigenvalue weighted by Crippen LogP contribution is -2.43. The summed E-state index contributed by atoms with van der Waals surface area (Å²) in [6.45, 7) is 4.41. The molecule has 0 saturated carbocycles. The van der Waals surface area contributed by atoms with E-state index in [1.807, 2.05) is 0 Å². The lowest BCUT2D eigenvalue weighted by molar-refractivity contribution is 0.250. The Morgan fingerprint density at radius 2 is 2.27 bits per heavy atom. The van der Waals surface area contributed by atoms with E-state index in [4.69, 9.17) is 5.73 Å². The molecule has 0 saturated heterocycles. The SMILES string of the molecule is CC1=CC(N)C(C)(C2C=CCCC2)C=C1. The molecular weight excluding hydrogens is 182 g/mol. The molecule has 2 rings (SSSR count). The smallest absolute Gasteiger partial charge is 0.0325 e. The molecule has 0 radical (unpaired) electrons. The Labute approximate surface area is 92.7 Å². The van der Waals surface area contributed by atoms with Crippen LogP contribution in [0.25, 0.3) is 0 Å². The second-order valence-corrected chi connectivity index (χ2v) is 5.10. The van der Waals surface area contributed by atoms with E-state index in [1.165, 1.54) is 24.8 Å². The zero-order valence-corrected chi connectivity index (χ0v) is 9.74. The first-order valence-electron chi connectivity index (χ1n) is 5.93. The molecule has 0 heterocycles. The van der Waals surface area contributed by atoms with Gasteiger partial charge >= 0.3 is 0 Å². The van der Waals surface area contributed by atoms with Crippen molar-refractivity contribution in [3.8, 4) is 0 Å². The molecule has 82 valence electrons. The van der Waals surface area contributed by atoms with Crippen LogP contribution in [0.2, 0.25) is 0 Å². The molecule has 2 N–H and O–H groups in total. The van der Waals surface area contributed by atoms with Crippen molar-refractivity contribution in [2.24, 2.45) is 17.1 Å². The lowest BCUT2D eigenvalue weighted by atomic mass is 9.66. The maximum absolute atomic E-state index is 6.27. The first-order chi connectivity index (χ1) is 7.13. The highest BCUT2D eigenvalue weighted by atomic mass is 14.7. The Balaban J connectivity index is 2.23. The Morgan fingerprint density at radius 3 is 2.87 bits per heavy atom. The minimum absolute atomic E-state index is 0.121. The summed E-state index contributed by atoms with van der Waals surface area (Å²) in [5.74, 6) is 0.613. The molecule has 0 aromatic rings. The van der Waals surface area contributed by atoms with Gasteiger partial charge in [-0.05, 0) is 32.1 Å².